The monoisotopic (exact) mass is 211 g/mol. The summed E-state index contributed by atoms with van der Waals surface area (Å²) in [5.41, 5.74) is 0. The third-order valence-electron chi connectivity index (χ3n) is 3.11. The molecule has 1 atom stereocenters. The van der Waals surface area contributed by atoms with Gasteiger partial charge in [0.1, 0.15) is 5.78 Å². The Kier molecular flexibility index (Phi) is 2.90. The zero-order valence-corrected chi connectivity index (χ0v) is 9.03. The summed E-state index contributed by atoms with van der Waals surface area (Å²) in [6.45, 7) is 5.53. The van der Waals surface area contributed by atoms with Gasteiger partial charge in [0, 0.05) is 32.6 Å². The van der Waals surface area contributed by atoms with Crippen molar-refractivity contribution in [1.82, 2.24) is 15.1 Å². The van der Waals surface area contributed by atoms with E-state index in [1.807, 2.05) is 11.8 Å². The molecule has 2 saturated heterocycles. The van der Waals surface area contributed by atoms with Crippen LogP contribution in [0.2, 0.25) is 0 Å². The molecule has 0 aromatic carbocycles. The number of hydrogen-bond donors (Lipinski definition) is 1. The molecule has 5 nitrogen and oxygen atoms in total. The Morgan fingerprint density at radius 1 is 1.53 bits per heavy atom. The van der Waals surface area contributed by atoms with Gasteiger partial charge in [0.25, 0.3) is 0 Å². The van der Waals surface area contributed by atoms with Crippen molar-refractivity contribution < 1.29 is 9.59 Å². The van der Waals surface area contributed by atoms with Crippen LogP contribution in [0.15, 0.2) is 0 Å². The van der Waals surface area contributed by atoms with Crippen LogP contribution >= 0.6 is 0 Å². The first-order chi connectivity index (χ1) is 7.20. The summed E-state index contributed by atoms with van der Waals surface area (Å²) in [5, 5.41) is 2.82. The first-order valence-electron chi connectivity index (χ1n) is 5.49. The van der Waals surface area contributed by atoms with Crippen molar-refractivity contribution in [3.8, 4) is 0 Å². The lowest BCUT2D eigenvalue weighted by Crippen LogP contribution is -2.53. The van der Waals surface area contributed by atoms with E-state index < -0.39 is 0 Å². The first-order valence-corrected chi connectivity index (χ1v) is 5.49. The third kappa shape index (κ3) is 2.12. The highest BCUT2D eigenvalue weighted by atomic mass is 16.2. The number of nitrogens with zero attached hydrogens (tertiary/aromatic N) is 2. The lowest BCUT2D eigenvalue weighted by Gasteiger charge is -2.35. The zero-order chi connectivity index (χ0) is 10.8. The van der Waals surface area contributed by atoms with Crippen LogP contribution in [0.5, 0.6) is 0 Å². The molecule has 2 amide bonds. The maximum Gasteiger partial charge on any atom is 0.317 e. The number of rotatable bonds is 3. The topological polar surface area (TPSA) is 52.7 Å². The summed E-state index contributed by atoms with van der Waals surface area (Å²) in [6.07, 6.45) is 0.599. The highest BCUT2D eigenvalue weighted by Crippen LogP contribution is 2.13. The van der Waals surface area contributed by atoms with Crippen LogP contribution in [0.4, 0.5) is 4.79 Å². The van der Waals surface area contributed by atoms with Gasteiger partial charge in [-0.05, 0) is 0 Å². The fraction of sp³-hybridized carbons (Fsp3) is 0.800. The largest absolute Gasteiger partial charge is 0.336 e. The number of carbonyl (C=O) groups is 2. The molecule has 2 heterocycles. The summed E-state index contributed by atoms with van der Waals surface area (Å²) in [4.78, 5) is 26.6. The van der Waals surface area contributed by atoms with Gasteiger partial charge < -0.3 is 10.2 Å². The maximum absolute atomic E-state index is 11.3. The minimum Gasteiger partial charge on any atom is -0.336 e. The smallest absolute Gasteiger partial charge is 0.317 e. The van der Waals surface area contributed by atoms with Gasteiger partial charge in [0.05, 0.1) is 12.6 Å². The summed E-state index contributed by atoms with van der Waals surface area (Å²) in [7, 11) is 0. The summed E-state index contributed by atoms with van der Waals surface area (Å²) in [6, 6.07) is 0.303. The van der Waals surface area contributed by atoms with Crippen LogP contribution in [0.25, 0.3) is 0 Å². The molecule has 15 heavy (non-hydrogen) atoms. The van der Waals surface area contributed by atoms with E-state index in [1.165, 1.54) is 0 Å². The number of carbonyl (C=O) groups excluding carboxylic acids is 2. The van der Waals surface area contributed by atoms with Gasteiger partial charge in [-0.3, -0.25) is 9.69 Å². The van der Waals surface area contributed by atoms with Crippen molar-refractivity contribution >= 4 is 11.8 Å². The average molecular weight is 211 g/mol. The average Bonchev–Trinajstić information content (AvgIpc) is 2.60. The Morgan fingerprint density at radius 3 is 3.07 bits per heavy atom. The van der Waals surface area contributed by atoms with E-state index in [0.29, 0.717) is 13.0 Å². The fourth-order valence-corrected chi connectivity index (χ4v) is 2.17. The van der Waals surface area contributed by atoms with Crippen molar-refractivity contribution in [2.75, 3.05) is 32.7 Å². The molecule has 2 aliphatic rings. The molecule has 0 radical (unpaired) electrons. The third-order valence-corrected chi connectivity index (χ3v) is 3.11. The molecule has 0 aromatic heterocycles. The van der Waals surface area contributed by atoms with Gasteiger partial charge in [0.2, 0.25) is 0 Å². The zero-order valence-electron chi connectivity index (χ0n) is 9.03. The Hall–Kier alpha value is -1.10. The van der Waals surface area contributed by atoms with Crippen LogP contribution < -0.4 is 5.32 Å². The van der Waals surface area contributed by atoms with Crippen LogP contribution in [0.1, 0.15) is 13.3 Å². The molecule has 5 heteroatoms. The molecule has 2 rings (SSSR count). The van der Waals surface area contributed by atoms with E-state index in [0.717, 1.165) is 26.2 Å². The second kappa shape index (κ2) is 4.18. The molecule has 0 aliphatic carbocycles. The van der Waals surface area contributed by atoms with Crippen molar-refractivity contribution in [2.24, 2.45) is 0 Å². The SMILES string of the molecule is CCC(=O)CN1CCN2C(=O)NCC2C1. The van der Waals surface area contributed by atoms with Crippen molar-refractivity contribution in [3.63, 3.8) is 0 Å². The van der Waals surface area contributed by atoms with Gasteiger partial charge in [-0.2, -0.15) is 0 Å². The molecule has 84 valence electrons. The van der Waals surface area contributed by atoms with Gasteiger partial charge in [0.15, 0.2) is 0 Å². The summed E-state index contributed by atoms with van der Waals surface area (Å²) in [5.74, 6) is 0.278. The van der Waals surface area contributed by atoms with Crippen LogP contribution in [0.3, 0.4) is 0 Å². The van der Waals surface area contributed by atoms with Crippen molar-refractivity contribution in [3.05, 3.63) is 0 Å². The number of piperazine rings is 1. The molecule has 0 saturated carbocycles. The minimum atomic E-state index is 0.0430. The molecule has 1 unspecified atom stereocenters. The number of fused-ring (bicyclic) bond motifs is 1. The van der Waals surface area contributed by atoms with Crippen molar-refractivity contribution in [1.29, 1.82) is 0 Å². The quantitative estimate of drug-likeness (QED) is 0.696. The van der Waals surface area contributed by atoms with Crippen LogP contribution in [-0.4, -0.2) is 60.4 Å². The molecular weight excluding hydrogens is 194 g/mol. The predicted molar refractivity (Wildman–Crippen MR) is 55.6 cm³/mol. The van der Waals surface area contributed by atoms with Crippen LogP contribution in [-0.2, 0) is 4.79 Å². The Balaban J connectivity index is 1.88. The number of urea groups is 1. The van der Waals surface area contributed by atoms with E-state index in [1.54, 1.807) is 0 Å². The van der Waals surface area contributed by atoms with E-state index >= 15 is 0 Å². The lowest BCUT2D eigenvalue weighted by molar-refractivity contribution is -0.120. The molecular formula is C10H17N3O2. The second-order valence-corrected chi connectivity index (χ2v) is 4.16. The predicted octanol–water partition coefficient (Wildman–Crippen LogP) is -0.325. The van der Waals surface area contributed by atoms with Gasteiger partial charge in [-0.25, -0.2) is 4.79 Å². The normalized spacial score (nSPS) is 26.3. The first kappa shape index (κ1) is 10.4. The van der Waals surface area contributed by atoms with E-state index in [4.69, 9.17) is 0 Å². The highest BCUT2D eigenvalue weighted by molar-refractivity contribution is 5.80. The van der Waals surface area contributed by atoms with E-state index in [9.17, 15) is 9.59 Å². The molecule has 0 aromatic rings. The van der Waals surface area contributed by atoms with Crippen molar-refractivity contribution in [2.45, 2.75) is 19.4 Å². The van der Waals surface area contributed by atoms with E-state index in [2.05, 4.69) is 10.2 Å². The maximum atomic E-state index is 11.3. The second-order valence-electron chi connectivity index (χ2n) is 4.16. The Bertz CT molecular complexity index is 280. The Morgan fingerprint density at radius 2 is 2.33 bits per heavy atom. The number of hydrogen-bond acceptors (Lipinski definition) is 3. The molecule has 1 N–H and O–H groups in total. The molecule has 0 bridgehead atoms. The standard InChI is InChI=1S/C10H17N3O2/c1-2-9(14)7-12-3-4-13-8(6-12)5-11-10(13)15/h8H,2-7H2,1H3,(H,11,15). The number of Topliss-reactive ketones (excluding diaryl/α,β-unsaturated/α-hetero) is 1. The minimum absolute atomic E-state index is 0.0430. The number of ketones is 1. The summed E-state index contributed by atoms with van der Waals surface area (Å²) >= 11 is 0. The van der Waals surface area contributed by atoms with E-state index in [-0.39, 0.29) is 17.9 Å². The molecule has 0 spiro atoms. The molecule has 2 aliphatic heterocycles. The van der Waals surface area contributed by atoms with Gasteiger partial charge in [-0.1, -0.05) is 6.92 Å². The highest BCUT2D eigenvalue weighted by Gasteiger charge is 2.35. The summed E-state index contributed by atoms with van der Waals surface area (Å²) < 4.78 is 0. The van der Waals surface area contributed by atoms with Crippen LogP contribution in [0, 0.1) is 0 Å². The number of nitrogens with one attached hydrogen (secondary N) is 1. The fourth-order valence-electron chi connectivity index (χ4n) is 2.17. The lowest BCUT2D eigenvalue weighted by atomic mass is 10.2. The van der Waals surface area contributed by atoms with Gasteiger partial charge in [-0.15, -0.1) is 0 Å². The van der Waals surface area contributed by atoms with Gasteiger partial charge >= 0.3 is 6.03 Å². The molecule has 2 fully saturated rings. The number of amides is 2. The Labute approximate surface area is 89.4 Å².